The van der Waals surface area contributed by atoms with Crippen LogP contribution in [0.2, 0.25) is 0 Å². The number of nitrogens with one attached hydrogen (secondary N) is 2. The van der Waals surface area contributed by atoms with Gasteiger partial charge in [-0.15, -0.1) is 0 Å². The highest BCUT2D eigenvalue weighted by Gasteiger charge is 2.45. The monoisotopic (exact) mass is 654 g/mol. The Kier molecular flexibility index (Phi) is 8.84. The van der Waals surface area contributed by atoms with E-state index < -0.39 is 17.9 Å². The van der Waals surface area contributed by atoms with E-state index >= 15 is 0 Å². The molecule has 252 valence electrons. The van der Waals surface area contributed by atoms with E-state index in [4.69, 9.17) is 24.5 Å². The van der Waals surface area contributed by atoms with E-state index in [1.165, 1.54) is 7.11 Å². The predicted molar refractivity (Wildman–Crippen MR) is 179 cm³/mol. The number of fused-ring (bicyclic) bond motifs is 8. The van der Waals surface area contributed by atoms with Crippen LogP contribution in [0.25, 0.3) is 22.1 Å². The molecule has 11 nitrogen and oxygen atoms in total. The van der Waals surface area contributed by atoms with Gasteiger partial charge < -0.3 is 24.5 Å². The van der Waals surface area contributed by atoms with Crippen LogP contribution in [-0.4, -0.2) is 68.9 Å². The van der Waals surface area contributed by atoms with Crippen molar-refractivity contribution in [2.45, 2.75) is 90.4 Å². The molecule has 0 fully saturated rings. The second kappa shape index (κ2) is 12.8. The van der Waals surface area contributed by atoms with E-state index in [1.54, 1.807) is 6.92 Å². The van der Waals surface area contributed by atoms with Crippen LogP contribution in [0.4, 0.5) is 0 Å². The van der Waals surface area contributed by atoms with Crippen molar-refractivity contribution >= 4 is 45.6 Å². The number of carbonyl (C=O) groups excluding carboxylic acids is 4. The number of aliphatic hydroxyl groups excluding tert-OH is 1. The van der Waals surface area contributed by atoms with Crippen molar-refractivity contribution in [3.05, 3.63) is 68.8 Å². The number of ether oxygens (including phenoxy) is 2. The van der Waals surface area contributed by atoms with Gasteiger partial charge in [0.15, 0.2) is 11.6 Å². The number of aromatic nitrogens is 4. The van der Waals surface area contributed by atoms with Crippen molar-refractivity contribution in [3.63, 3.8) is 0 Å². The maximum Gasteiger partial charge on any atom is 0.321 e. The lowest BCUT2D eigenvalue weighted by Crippen LogP contribution is -2.21. The molecule has 5 heterocycles. The summed E-state index contributed by atoms with van der Waals surface area (Å²) in [5.41, 5.74) is 8.53. The molecule has 3 aromatic heterocycles. The van der Waals surface area contributed by atoms with Gasteiger partial charge in [0.25, 0.3) is 0 Å². The van der Waals surface area contributed by atoms with Gasteiger partial charge in [0.2, 0.25) is 0 Å². The Hall–Kier alpha value is -4.64. The third kappa shape index (κ3) is 5.34. The van der Waals surface area contributed by atoms with Gasteiger partial charge in [0.1, 0.15) is 12.5 Å². The van der Waals surface area contributed by atoms with Gasteiger partial charge in [0.05, 0.1) is 30.4 Å². The van der Waals surface area contributed by atoms with Crippen LogP contribution in [0.15, 0.2) is 18.2 Å². The molecule has 0 amide bonds. The Labute approximate surface area is 278 Å². The molecule has 2 aliphatic heterocycles. The SMILES string of the molecule is CCC1c2cc3[nH]c4c(c3C)C(=O)[C@H](C(=O)OC)c4c3nc(cc4[nH]c(cc(n2)C1C)c(C(C)=O)c4C)[C@@H](C)[C@@H]3CCC(=O)OCCO. The Balaban J connectivity index is 1.73. The first kappa shape index (κ1) is 33.3. The van der Waals surface area contributed by atoms with Gasteiger partial charge in [0, 0.05) is 74.9 Å². The molecule has 48 heavy (non-hydrogen) atoms. The van der Waals surface area contributed by atoms with Gasteiger partial charge in [-0.3, -0.25) is 29.1 Å². The molecular formula is C37H42N4O7. The van der Waals surface area contributed by atoms with Gasteiger partial charge in [-0.2, -0.15) is 0 Å². The molecule has 3 aromatic rings. The molecule has 11 heteroatoms. The van der Waals surface area contributed by atoms with Crippen LogP contribution in [0.1, 0.15) is 137 Å². The molecule has 5 atom stereocenters. The van der Waals surface area contributed by atoms with Gasteiger partial charge in [-0.25, -0.2) is 0 Å². The van der Waals surface area contributed by atoms with Crippen LogP contribution in [0.5, 0.6) is 0 Å². The van der Waals surface area contributed by atoms with E-state index in [2.05, 4.69) is 23.8 Å². The average molecular weight is 655 g/mol. The number of ketones is 2. The van der Waals surface area contributed by atoms with Crippen molar-refractivity contribution in [2.75, 3.05) is 20.3 Å². The second-order valence-electron chi connectivity index (χ2n) is 13.2. The second-order valence-corrected chi connectivity index (χ2v) is 13.2. The largest absolute Gasteiger partial charge is 0.468 e. The summed E-state index contributed by atoms with van der Waals surface area (Å²) in [7, 11) is 1.26. The van der Waals surface area contributed by atoms with Crippen LogP contribution in [0.3, 0.4) is 0 Å². The maximum atomic E-state index is 14.1. The summed E-state index contributed by atoms with van der Waals surface area (Å²) >= 11 is 0. The number of esters is 2. The summed E-state index contributed by atoms with van der Waals surface area (Å²) in [6.45, 7) is 11.2. The number of Topliss-reactive ketones (excluding diaryl/α,β-unsaturated/α-hetero) is 2. The minimum Gasteiger partial charge on any atom is -0.468 e. The fourth-order valence-electron chi connectivity index (χ4n) is 7.84. The number of aromatic amines is 2. The van der Waals surface area contributed by atoms with Crippen molar-refractivity contribution < 1.29 is 33.8 Å². The molecule has 8 bridgehead atoms. The standard InChI is InChI=1S/C37H42N4O7/c1-8-21-16(2)23-15-28-30(20(6)43)18(4)25(39-28)13-24-17(3)22(9-10-29(44)48-12-11-42)34(40-24)32-33(37(46)47-7)36(45)31-19(5)26(41-35(31)32)14-27(21)38-23/h13-17,21-22,33,39,41-42H,8-12H2,1-7H3/t16?,17-,21?,22-,33+/m0/s1. The van der Waals surface area contributed by atoms with Crippen molar-refractivity contribution in [3.8, 4) is 0 Å². The highest BCUT2D eigenvalue weighted by molar-refractivity contribution is 6.23. The topological polar surface area (TPSA) is 164 Å². The van der Waals surface area contributed by atoms with Gasteiger partial charge in [-0.05, 0) is 62.9 Å². The highest BCUT2D eigenvalue weighted by Crippen LogP contribution is 2.48. The van der Waals surface area contributed by atoms with Gasteiger partial charge >= 0.3 is 11.9 Å². The first-order chi connectivity index (χ1) is 22.9. The molecule has 6 rings (SSSR count). The number of aryl methyl sites for hydroxylation is 2. The summed E-state index contributed by atoms with van der Waals surface area (Å²) in [6.07, 6.45) is 1.21. The van der Waals surface area contributed by atoms with E-state index in [1.807, 2.05) is 39.0 Å². The number of carbonyl (C=O) groups is 4. The Morgan fingerprint density at radius 2 is 1.56 bits per heavy atom. The smallest absolute Gasteiger partial charge is 0.321 e. The highest BCUT2D eigenvalue weighted by atomic mass is 16.5. The maximum absolute atomic E-state index is 14.1. The lowest BCUT2D eigenvalue weighted by molar-refractivity contribution is -0.145. The molecule has 3 N–H and O–H groups in total. The minimum absolute atomic E-state index is 0.0468. The molecule has 0 aromatic carbocycles. The normalized spacial score (nSPS) is 21.4. The zero-order valence-electron chi connectivity index (χ0n) is 28.4. The number of methoxy groups -OCH3 is 1. The summed E-state index contributed by atoms with van der Waals surface area (Å²) in [6, 6.07) is 5.87. The fourth-order valence-corrected chi connectivity index (χ4v) is 7.84. The molecular weight excluding hydrogens is 612 g/mol. The van der Waals surface area contributed by atoms with Crippen LogP contribution in [0, 0.1) is 13.8 Å². The Morgan fingerprint density at radius 3 is 2.23 bits per heavy atom. The zero-order chi connectivity index (χ0) is 34.6. The first-order valence-electron chi connectivity index (χ1n) is 16.6. The minimum atomic E-state index is -1.22. The van der Waals surface area contributed by atoms with E-state index in [-0.39, 0.29) is 54.9 Å². The number of nitrogens with zero attached hydrogens (tertiary/aromatic N) is 2. The third-order valence-corrected chi connectivity index (χ3v) is 10.4. The fraction of sp³-hybridized carbons (Fsp3) is 0.459. The molecule has 0 radical (unpaired) electrons. The van der Waals surface area contributed by atoms with E-state index in [0.29, 0.717) is 51.1 Å². The quantitative estimate of drug-likeness (QED) is 0.148. The number of hydrogen-bond donors (Lipinski definition) is 3. The summed E-state index contributed by atoms with van der Waals surface area (Å²) in [5.74, 6) is -3.19. The van der Waals surface area contributed by atoms with Crippen molar-refractivity contribution in [2.24, 2.45) is 0 Å². The van der Waals surface area contributed by atoms with E-state index in [0.717, 1.165) is 34.4 Å². The molecule has 0 saturated carbocycles. The van der Waals surface area contributed by atoms with Crippen LogP contribution >= 0.6 is 0 Å². The van der Waals surface area contributed by atoms with Crippen molar-refractivity contribution in [1.82, 2.24) is 19.9 Å². The summed E-state index contributed by atoms with van der Waals surface area (Å²) < 4.78 is 10.3. The third-order valence-electron chi connectivity index (χ3n) is 10.4. The number of H-pyrrole nitrogens is 2. The summed E-state index contributed by atoms with van der Waals surface area (Å²) in [4.78, 5) is 70.2. The van der Waals surface area contributed by atoms with Crippen LogP contribution in [-0.2, 0) is 19.1 Å². The molecule has 0 spiro atoms. The molecule has 1 aliphatic carbocycles. The first-order valence-corrected chi connectivity index (χ1v) is 16.6. The average Bonchev–Trinajstić information content (AvgIpc) is 3.79. The predicted octanol–water partition coefficient (Wildman–Crippen LogP) is 6.09. The summed E-state index contributed by atoms with van der Waals surface area (Å²) in [5, 5.41) is 9.13. The van der Waals surface area contributed by atoms with E-state index in [9.17, 15) is 19.2 Å². The Bertz CT molecular complexity index is 2020. The van der Waals surface area contributed by atoms with Gasteiger partial charge in [-0.1, -0.05) is 20.8 Å². The molecule has 2 unspecified atom stereocenters. The number of rotatable bonds is 8. The molecule has 3 aliphatic rings. The number of aliphatic hydroxyl groups is 1. The van der Waals surface area contributed by atoms with Crippen LogP contribution < -0.4 is 0 Å². The molecule has 0 saturated heterocycles. The lowest BCUT2D eigenvalue weighted by Gasteiger charge is -2.18. The van der Waals surface area contributed by atoms with Crippen molar-refractivity contribution in [1.29, 1.82) is 0 Å². The zero-order valence-corrected chi connectivity index (χ0v) is 28.4. The lowest BCUT2D eigenvalue weighted by atomic mass is 9.84. The number of hydrogen-bond acceptors (Lipinski definition) is 9. The Morgan fingerprint density at radius 1 is 0.917 bits per heavy atom.